The first-order valence-electron chi connectivity index (χ1n) is 10.9. The Morgan fingerprint density at radius 2 is 1.76 bits per heavy atom. The van der Waals surface area contributed by atoms with Gasteiger partial charge in [0.05, 0.1) is 18.8 Å². The number of nitrogens with one attached hydrogen (secondary N) is 2. The molecule has 1 heterocycles. The molecule has 0 bridgehead atoms. The number of carbonyl (C=O) groups excluding carboxylic acids is 5. The van der Waals surface area contributed by atoms with Gasteiger partial charge in [-0.3, -0.25) is 24.0 Å². The quantitative estimate of drug-likeness (QED) is 0.241. The normalized spacial score (nSPS) is 28.4. The molecule has 1 fully saturated rings. The van der Waals surface area contributed by atoms with Crippen LogP contribution in [0.2, 0.25) is 0 Å². The zero-order chi connectivity index (χ0) is 25.3. The van der Waals surface area contributed by atoms with Crippen molar-refractivity contribution < 1.29 is 34.2 Å². The summed E-state index contributed by atoms with van der Waals surface area (Å²) in [4.78, 5) is 64.3. The minimum absolute atomic E-state index is 0.0134. The van der Waals surface area contributed by atoms with Crippen LogP contribution in [0.5, 0.6) is 0 Å². The highest BCUT2D eigenvalue weighted by Crippen LogP contribution is 2.13. The average Bonchev–Trinajstić information content (AvgIpc) is 2.75. The lowest BCUT2D eigenvalue weighted by Gasteiger charge is -2.36. The zero-order valence-corrected chi connectivity index (χ0v) is 19.3. The number of primary amides is 1. The number of hydrogen-bond donors (Lipinski definition) is 6. The standard InChI is InChI=1S/C20H36N6O7/c1-11(28)16-20(33)25(2)14(10-27)18(31)24-13(17(22)30)6-4-5-9-23-15(29)8-7-12(21)19(32)26(16)3/h11-14,16,27-28H,4-10,21H2,1-3H3,(H2,22,30)(H,23,29)(H,24,31). The molecule has 1 rings (SSSR count). The molecular formula is C20H36N6O7. The Balaban J connectivity index is 3.24. The molecule has 0 aliphatic carbocycles. The lowest BCUT2D eigenvalue weighted by molar-refractivity contribution is -0.153. The van der Waals surface area contributed by atoms with Crippen molar-refractivity contribution in [3.05, 3.63) is 0 Å². The van der Waals surface area contributed by atoms with E-state index in [-0.39, 0.29) is 25.2 Å². The van der Waals surface area contributed by atoms with Gasteiger partial charge in [-0.1, -0.05) is 0 Å². The lowest BCUT2D eigenvalue weighted by atomic mass is 10.0. The number of carbonyl (C=O) groups is 5. The first kappa shape index (κ1) is 28.3. The van der Waals surface area contributed by atoms with E-state index in [1.807, 2.05) is 0 Å². The maximum atomic E-state index is 13.1. The summed E-state index contributed by atoms with van der Waals surface area (Å²) in [7, 11) is 2.51. The molecule has 0 spiro atoms. The van der Waals surface area contributed by atoms with Crippen LogP contribution in [0, 0.1) is 0 Å². The van der Waals surface area contributed by atoms with Crippen LogP contribution in [0.1, 0.15) is 39.0 Å². The summed E-state index contributed by atoms with van der Waals surface area (Å²) in [6, 6.07) is -4.93. The number of nitrogens with two attached hydrogens (primary N) is 2. The molecule has 1 saturated heterocycles. The van der Waals surface area contributed by atoms with E-state index >= 15 is 0 Å². The Morgan fingerprint density at radius 1 is 1.12 bits per heavy atom. The van der Waals surface area contributed by atoms with Gasteiger partial charge in [-0.05, 0) is 32.6 Å². The summed E-state index contributed by atoms with van der Waals surface area (Å²) >= 11 is 0. The molecule has 1 aliphatic rings. The molecule has 0 saturated carbocycles. The van der Waals surface area contributed by atoms with Crippen molar-refractivity contribution in [2.75, 3.05) is 27.2 Å². The number of aliphatic hydroxyl groups is 2. The van der Waals surface area contributed by atoms with Crippen LogP contribution < -0.4 is 22.1 Å². The van der Waals surface area contributed by atoms with E-state index in [1.165, 1.54) is 21.0 Å². The van der Waals surface area contributed by atoms with Crippen LogP contribution in [0.25, 0.3) is 0 Å². The van der Waals surface area contributed by atoms with E-state index < -0.39 is 60.5 Å². The number of hydrogen-bond acceptors (Lipinski definition) is 8. The molecule has 13 heteroatoms. The molecule has 0 aromatic carbocycles. The molecular weight excluding hydrogens is 436 g/mol. The number of aliphatic hydroxyl groups excluding tert-OH is 2. The highest BCUT2D eigenvalue weighted by Gasteiger charge is 2.39. The third-order valence-electron chi connectivity index (χ3n) is 5.67. The Hall–Kier alpha value is -2.77. The van der Waals surface area contributed by atoms with Crippen LogP contribution in [-0.4, -0.2) is 107 Å². The lowest BCUT2D eigenvalue weighted by Crippen LogP contribution is -2.61. The van der Waals surface area contributed by atoms with Gasteiger partial charge in [-0.2, -0.15) is 0 Å². The predicted molar refractivity (Wildman–Crippen MR) is 117 cm³/mol. The maximum absolute atomic E-state index is 13.1. The van der Waals surface area contributed by atoms with Crippen molar-refractivity contribution in [3.8, 4) is 0 Å². The highest BCUT2D eigenvalue weighted by molar-refractivity contribution is 5.94. The van der Waals surface area contributed by atoms with E-state index in [2.05, 4.69) is 10.6 Å². The Bertz CT molecular complexity index is 732. The van der Waals surface area contributed by atoms with E-state index in [0.29, 0.717) is 19.4 Å². The summed E-state index contributed by atoms with van der Waals surface area (Å²) in [5, 5.41) is 25.1. The minimum atomic E-state index is -1.41. The fraction of sp³-hybridized carbons (Fsp3) is 0.750. The van der Waals surface area contributed by atoms with Gasteiger partial charge in [0.15, 0.2) is 0 Å². The monoisotopic (exact) mass is 472 g/mol. The summed E-state index contributed by atoms with van der Waals surface area (Å²) in [5.41, 5.74) is 11.3. The van der Waals surface area contributed by atoms with Gasteiger partial charge in [0.1, 0.15) is 18.1 Å². The van der Waals surface area contributed by atoms with Crippen molar-refractivity contribution in [1.29, 1.82) is 0 Å². The van der Waals surface area contributed by atoms with Crippen molar-refractivity contribution in [3.63, 3.8) is 0 Å². The summed E-state index contributed by atoms with van der Waals surface area (Å²) < 4.78 is 0. The Labute approximate surface area is 192 Å². The molecule has 13 nitrogen and oxygen atoms in total. The molecule has 5 atom stereocenters. The second kappa shape index (κ2) is 13.1. The zero-order valence-electron chi connectivity index (χ0n) is 19.3. The van der Waals surface area contributed by atoms with Gasteiger partial charge in [0.25, 0.3) is 0 Å². The third kappa shape index (κ3) is 7.94. The van der Waals surface area contributed by atoms with Crippen LogP contribution >= 0.6 is 0 Å². The molecule has 0 aromatic heterocycles. The second-order valence-corrected chi connectivity index (χ2v) is 8.24. The van der Waals surface area contributed by atoms with Gasteiger partial charge >= 0.3 is 0 Å². The molecule has 188 valence electrons. The third-order valence-corrected chi connectivity index (χ3v) is 5.67. The van der Waals surface area contributed by atoms with Crippen molar-refractivity contribution in [1.82, 2.24) is 20.4 Å². The SMILES string of the molecule is CC(O)C1C(=O)N(C)C(CO)C(=O)NC(C(N)=O)CCCCNC(=O)CCC(N)C(=O)N1C. The Morgan fingerprint density at radius 3 is 2.30 bits per heavy atom. The van der Waals surface area contributed by atoms with Gasteiger partial charge < -0.3 is 42.1 Å². The first-order chi connectivity index (χ1) is 15.4. The number of rotatable bonds is 3. The van der Waals surface area contributed by atoms with Crippen LogP contribution in [0.3, 0.4) is 0 Å². The van der Waals surface area contributed by atoms with Gasteiger partial charge in [0.2, 0.25) is 29.5 Å². The first-order valence-corrected chi connectivity index (χ1v) is 10.9. The fourth-order valence-electron chi connectivity index (χ4n) is 3.59. The van der Waals surface area contributed by atoms with Crippen LogP contribution in [0.15, 0.2) is 0 Å². The van der Waals surface area contributed by atoms with Crippen molar-refractivity contribution in [2.24, 2.45) is 11.5 Å². The van der Waals surface area contributed by atoms with Crippen LogP contribution in [-0.2, 0) is 24.0 Å². The fourth-order valence-corrected chi connectivity index (χ4v) is 3.59. The largest absolute Gasteiger partial charge is 0.394 e. The van der Waals surface area contributed by atoms with E-state index in [4.69, 9.17) is 11.5 Å². The molecule has 0 aromatic rings. The van der Waals surface area contributed by atoms with E-state index in [0.717, 1.165) is 9.80 Å². The van der Waals surface area contributed by atoms with Gasteiger partial charge in [-0.15, -0.1) is 0 Å². The molecule has 1 aliphatic heterocycles. The molecule has 33 heavy (non-hydrogen) atoms. The molecule has 8 N–H and O–H groups in total. The van der Waals surface area contributed by atoms with E-state index in [1.54, 1.807) is 0 Å². The average molecular weight is 473 g/mol. The maximum Gasteiger partial charge on any atom is 0.248 e. The molecule has 5 amide bonds. The van der Waals surface area contributed by atoms with Crippen molar-refractivity contribution >= 4 is 29.5 Å². The summed E-state index contributed by atoms with van der Waals surface area (Å²) in [5.74, 6) is -3.40. The van der Waals surface area contributed by atoms with Crippen molar-refractivity contribution in [2.45, 2.75) is 69.3 Å². The van der Waals surface area contributed by atoms with Crippen LogP contribution in [0.4, 0.5) is 0 Å². The predicted octanol–water partition coefficient (Wildman–Crippen LogP) is -3.61. The highest BCUT2D eigenvalue weighted by atomic mass is 16.3. The van der Waals surface area contributed by atoms with Gasteiger partial charge in [-0.25, -0.2) is 0 Å². The summed E-state index contributed by atoms with van der Waals surface area (Å²) in [6.07, 6.45) is -0.157. The topological polar surface area (TPSA) is 208 Å². The number of amides is 5. The number of nitrogens with zero attached hydrogens (tertiary/aromatic N) is 2. The minimum Gasteiger partial charge on any atom is -0.394 e. The molecule has 0 radical (unpaired) electrons. The smallest absolute Gasteiger partial charge is 0.248 e. The summed E-state index contributed by atoms with van der Waals surface area (Å²) in [6.45, 7) is 0.847. The Kier molecular flexibility index (Phi) is 11.2. The molecule has 5 unspecified atom stereocenters. The van der Waals surface area contributed by atoms with E-state index in [9.17, 15) is 34.2 Å². The van der Waals surface area contributed by atoms with Gasteiger partial charge in [0, 0.05) is 27.1 Å². The number of likely N-dealkylation sites (N-methyl/N-ethyl adjacent to an activating group) is 2. The second-order valence-electron chi connectivity index (χ2n) is 8.24.